The smallest absolute Gasteiger partial charge is 0.355 e. The first-order valence-electron chi connectivity index (χ1n) is 10.8. The van der Waals surface area contributed by atoms with Crippen molar-refractivity contribution in [2.45, 2.75) is 12.5 Å². The molecule has 0 saturated heterocycles. The summed E-state index contributed by atoms with van der Waals surface area (Å²) >= 11 is 0. The molecule has 10 nitrogen and oxygen atoms in total. The minimum Gasteiger partial charge on any atom is -0.466 e. The van der Waals surface area contributed by atoms with Crippen LogP contribution >= 0.6 is 0 Å². The molecular formula is C26H22N4O6. The predicted molar refractivity (Wildman–Crippen MR) is 127 cm³/mol. The number of nitrogens with two attached hydrogens (primary N) is 1. The van der Waals surface area contributed by atoms with E-state index in [2.05, 4.69) is 11.2 Å². The molecule has 0 saturated carbocycles. The van der Waals surface area contributed by atoms with E-state index in [-0.39, 0.29) is 29.3 Å². The Morgan fingerprint density at radius 3 is 2.33 bits per heavy atom. The van der Waals surface area contributed by atoms with E-state index < -0.39 is 17.9 Å². The van der Waals surface area contributed by atoms with Crippen molar-refractivity contribution >= 4 is 17.6 Å². The van der Waals surface area contributed by atoms with Crippen LogP contribution in [0.3, 0.4) is 0 Å². The average Bonchev–Trinajstić information content (AvgIpc) is 3.41. The molecule has 0 bridgehead atoms. The van der Waals surface area contributed by atoms with Gasteiger partial charge in [0.15, 0.2) is 5.76 Å². The fourth-order valence-electron chi connectivity index (χ4n) is 4.09. The number of hydrogen-bond donors (Lipinski definition) is 2. The van der Waals surface area contributed by atoms with E-state index in [4.69, 9.17) is 19.7 Å². The number of ether oxygens (including phenoxy) is 2. The number of benzene rings is 2. The molecule has 1 unspecified atom stereocenters. The molecule has 10 heteroatoms. The Hall–Kier alpha value is -4.88. The van der Waals surface area contributed by atoms with Crippen LogP contribution in [0.2, 0.25) is 0 Å². The third-order valence-corrected chi connectivity index (χ3v) is 5.75. The van der Waals surface area contributed by atoms with Crippen molar-refractivity contribution in [3.05, 3.63) is 94.7 Å². The quantitative estimate of drug-likeness (QED) is 0.497. The normalized spacial score (nSPS) is 15.5. The number of anilines is 1. The van der Waals surface area contributed by atoms with E-state index in [9.17, 15) is 20.0 Å². The molecule has 1 atom stereocenters. The Morgan fingerprint density at radius 2 is 1.78 bits per heavy atom. The maximum atomic E-state index is 13.1. The van der Waals surface area contributed by atoms with Gasteiger partial charge in [-0.2, -0.15) is 5.26 Å². The summed E-state index contributed by atoms with van der Waals surface area (Å²) in [6.45, 7) is -0.288. The SMILES string of the molecule is COC(=O)C1=C(C(=O)OC)N(c2ccc(-c3cc(CO)on3)cc2)C(N)=C(C#N)C1c1ccccc1. The fraction of sp³-hybridized carbons (Fsp3) is 0.154. The Bertz CT molecular complexity index is 1400. The van der Waals surface area contributed by atoms with Gasteiger partial charge in [-0.25, -0.2) is 9.59 Å². The Balaban J connectivity index is 1.92. The number of carbonyl (C=O) groups excluding carboxylic acids is 2. The van der Waals surface area contributed by atoms with Crippen molar-refractivity contribution in [3.63, 3.8) is 0 Å². The summed E-state index contributed by atoms with van der Waals surface area (Å²) in [6, 6.07) is 19.2. The number of aromatic nitrogens is 1. The molecule has 1 aliphatic rings. The molecule has 182 valence electrons. The van der Waals surface area contributed by atoms with Crippen LogP contribution in [0.5, 0.6) is 0 Å². The highest BCUT2D eigenvalue weighted by atomic mass is 16.5. The molecular weight excluding hydrogens is 464 g/mol. The molecule has 2 aromatic carbocycles. The molecule has 36 heavy (non-hydrogen) atoms. The van der Waals surface area contributed by atoms with Gasteiger partial charge < -0.3 is 24.8 Å². The molecule has 3 N–H and O–H groups in total. The number of rotatable bonds is 6. The van der Waals surface area contributed by atoms with Crippen LogP contribution in [0.25, 0.3) is 11.3 Å². The molecule has 3 aromatic rings. The molecule has 0 fully saturated rings. The second kappa shape index (κ2) is 10.2. The molecule has 4 rings (SSSR count). The summed E-state index contributed by atoms with van der Waals surface area (Å²) in [5.74, 6) is -2.30. The highest BCUT2D eigenvalue weighted by Crippen LogP contribution is 2.43. The maximum absolute atomic E-state index is 13.1. The highest BCUT2D eigenvalue weighted by molar-refractivity contribution is 6.06. The lowest BCUT2D eigenvalue weighted by Gasteiger charge is -2.35. The van der Waals surface area contributed by atoms with Crippen molar-refractivity contribution in [2.24, 2.45) is 5.73 Å². The molecule has 1 aromatic heterocycles. The summed E-state index contributed by atoms with van der Waals surface area (Å²) in [7, 11) is 2.38. The van der Waals surface area contributed by atoms with Crippen molar-refractivity contribution in [3.8, 4) is 17.3 Å². The summed E-state index contributed by atoms with van der Waals surface area (Å²) in [4.78, 5) is 27.5. The van der Waals surface area contributed by atoms with Crippen LogP contribution < -0.4 is 10.6 Å². The van der Waals surface area contributed by atoms with E-state index >= 15 is 0 Å². The van der Waals surface area contributed by atoms with Crippen LogP contribution in [-0.2, 0) is 25.7 Å². The first kappa shape index (κ1) is 24.3. The molecule has 2 heterocycles. The molecule has 1 aliphatic heterocycles. The minimum absolute atomic E-state index is 0.0313. The molecule has 0 aliphatic carbocycles. The van der Waals surface area contributed by atoms with Gasteiger partial charge in [0, 0.05) is 17.3 Å². The topological polar surface area (TPSA) is 152 Å². The van der Waals surface area contributed by atoms with E-state index in [1.807, 2.05) is 0 Å². The number of esters is 2. The first-order chi connectivity index (χ1) is 17.4. The van der Waals surface area contributed by atoms with Gasteiger partial charge in [0.2, 0.25) is 0 Å². The standard InChI is InChI=1S/C26H22N4O6/c1-34-25(32)22-21(16-6-4-3-5-7-16)19(13-27)24(28)30(23(22)26(33)35-2)17-10-8-15(9-11-17)20-12-18(14-31)36-29-20/h3-12,21,31H,14,28H2,1-2H3. The van der Waals surface area contributed by atoms with Gasteiger partial charge in [-0.05, 0) is 17.7 Å². The third-order valence-electron chi connectivity index (χ3n) is 5.75. The summed E-state index contributed by atoms with van der Waals surface area (Å²) in [5, 5.41) is 23.2. The lowest BCUT2D eigenvalue weighted by molar-refractivity contribution is -0.139. The van der Waals surface area contributed by atoms with Crippen LogP contribution in [0.1, 0.15) is 17.2 Å². The van der Waals surface area contributed by atoms with Crippen LogP contribution in [-0.4, -0.2) is 36.4 Å². The number of nitrogens with zero attached hydrogens (tertiary/aromatic N) is 3. The van der Waals surface area contributed by atoms with E-state index in [0.29, 0.717) is 28.3 Å². The van der Waals surface area contributed by atoms with Crippen molar-refractivity contribution in [1.29, 1.82) is 5.26 Å². The van der Waals surface area contributed by atoms with Crippen LogP contribution in [0.15, 0.2) is 87.9 Å². The monoisotopic (exact) mass is 486 g/mol. The average molecular weight is 486 g/mol. The third kappa shape index (κ3) is 4.19. The second-order valence-corrected chi connectivity index (χ2v) is 7.72. The molecule has 0 radical (unpaired) electrons. The number of hydrogen-bond acceptors (Lipinski definition) is 10. The van der Waals surface area contributed by atoms with Gasteiger partial charge in [0.05, 0.1) is 37.4 Å². The zero-order valence-corrected chi connectivity index (χ0v) is 19.5. The zero-order chi connectivity index (χ0) is 25.8. The lowest BCUT2D eigenvalue weighted by Crippen LogP contribution is -2.40. The summed E-state index contributed by atoms with van der Waals surface area (Å²) in [5.41, 5.74) is 8.46. The van der Waals surface area contributed by atoms with Gasteiger partial charge in [-0.15, -0.1) is 0 Å². The van der Waals surface area contributed by atoms with E-state index in [0.717, 1.165) is 0 Å². The number of nitriles is 1. The predicted octanol–water partition coefficient (Wildman–Crippen LogP) is 2.73. The maximum Gasteiger partial charge on any atom is 0.355 e. The van der Waals surface area contributed by atoms with E-state index in [1.54, 1.807) is 60.7 Å². The van der Waals surface area contributed by atoms with Gasteiger partial charge in [-0.3, -0.25) is 4.90 Å². The minimum atomic E-state index is -0.944. The lowest BCUT2D eigenvalue weighted by atomic mass is 9.81. The largest absolute Gasteiger partial charge is 0.466 e. The van der Waals surface area contributed by atoms with Gasteiger partial charge in [-0.1, -0.05) is 47.6 Å². The Kier molecular flexibility index (Phi) is 6.85. The molecule has 0 amide bonds. The Labute approximate surface area is 206 Å². The van der Waals surface area contributed by atoms with Crippen LogP contribution in [0.4, 0.5) is 5.69 Å². The van der Waals surface area contributed by atoms with Gasteiger partial charge >= 0.3 is 11.9 Å². The highest BCUT2D eigenvalue weighted by Gasteiger charge is 2.42. The zero-order valence-electron chi connectivity index (χ0n) is 19.5. The first-order valence-corrected chi connectivity index (χ1v) is 10.8. The number of methoxy groups -OCH3 is 2. The van der Waals surface area contributed by atoms with E-state index in [1.165, 1.54) is 19.1 Å². The summed E-state index contributed by atoms with van der Waals surface area (Å²) in [6.07, 6.45) is 0. The van der Waals surface area contributed by atoms with Crippen molar-refractivity contribution in [1.82, 2.24) is 5.16 Å². The van der Waals surface area contributed by atoms with Gasteiger partial charge in [0.25, 0.3) is 0 Å². The number of aliphatic hydroxyl groups excluding tert-OH is 1. The number of carbonyl (C=O) groups is 2. The van der Waals surface area contributed by atoms with Crippen molar-refractivity contribution in [2.75, 3.05) is 19.1 Å². The number of allylic oxidation sites excluding steroid dienone is 1. The molecule has 0 spiro atoms. The van der Waals surface area contributed by atoms with Crippen molar-refractivity contribution < 1.29 is 28.7 Å². The second-order valence-electron chi connectivity index (χ2n) is 7.72. The van der Waals surface area contributed by atoms with Crippen LogP contribution in [0, 0.1) is 11.3 Å². The number of aliphatic hydroxyl groups is 1. The van der Waals surface area contributed by atoms with Gasteiger partial charge in [0.1, 0.15) is 23.8 Å². The fourth-order valence-corrected chi connectivity index (χ4v) is 4.09. The summed E-state index contributed by atoms with van der Waals surface area (Å²) < 4.78 is 15.1. The Morgan fingerprint density at radius 1 is 1.11 bits per heavy atom.